The van der Waals surface area contributed by atoms with Crippen LogP contribution in [0, 0.1) is 11.6 Å². The molecule has 2 N–H and O–H groups in total. The van der Waals surface area contributed by atoms with Crippen molar-refractivity contribution in [1.29, 1.82) is 0 Å². The number of ether oxygens (including phenoxy) is 3. The molecule has 2 aromatic carbocycles. The van der Waals surface area contributed by atoms with Crippen LogP contribution in [0.3, 0.4) is 0 Å². The lowest BCUT2D eigenvalue weighted by Gasteiger charge is -2.20. The van der Waals surface area contributed by atoms with Crippen LogP contribution in [0.1, 0.15) is 0 Å². The van der Waals surface area contributed by atoms with Crippen molar-refractivity contribution in [2.45, 2.75) is 0 Å². The molecule has 104 valence electrons. The van der Waals surface area contributed by atoms with Crippen molar-refractivity contribution in [3.8, 4) is 23.0 Å². The summed E-state index contributed by atoms with van der Waals surface area (Å²) in [6.07, 6.45) is 0. The molecule has 0 unspecified atom stereocenters. The van der Waals surface area contributed by atoms with E-state index < -0.39 is 11.6 Å². The highest BCUT2D eigenvalue weighted by Crippen LogP contribution is 2.40. The molecule has 1 heterocycles. The monoisotopic (exact) mass is 279 g/mol. The second kappa shape index (κ2) is 4.88. The lowest BCUT2D eigenvalue weighted by Crippen LogP contribution is -2.15. The summed E-state index contributed by atoms with van der Waals surface area (Å²) in [5.74, 6) is -0.179. The molecule has 6 heteroatoms. The number of hydrogen-bond acceptors (Lipinski definition) is 4. The van der Waals surface area contributed by atoms with Crippen LogP contribution in [0.15, 0.2) is 30.3 Å². The molecule has 0 bridgehead atoms. The molecule has 0 saturated carbocycles. The average molecular weight is 279 g/mol. The smallest absolute Gasteiger partial charge is 0.165 e. The summed E-state index contributed by atoms with van der Waals surface area (Å²) in [6, 6.07) is 5.99. The van der Waals surface area contributed by atoms with Crippen LogP contribution < -0.4 is 19.9 Å². The summed E-state index contributed by atoms with van der Waals surface area (Å²) in [5.41, 5.74) is 6.11. The fraction of sp³-hybridized carbons (Fsp3) is 0.143. The van der Waals surface area contributed by atoms with Crippen molar-refractivity contribution in [3.63, 3.8) is 0 Å². The summed E-state index contributed by atoms with van der Waals surface area (Å²) in [6.45, 7) is 0.868. The van der Waals surface area contributed by atoms with Crippen LogP contribution in [0.5, 0.6) is 23.0 Å². The molecule has 0 amide bonds. The van der Waals surface area contributed by atoms with Crippen LogP contribution in [-0.4, -0.2) is 13.2 Å². The lowest BCUT2D eigenvalue weighted by atomic mass is 10.2. The van der Waals surface area contributed by atoms with Crippen LogP contribution in [0.2, 0.25) is 0 Å². The Morgan fingerprint density at radius 3 is 2.15 bits per heavy atom. The van der Waals surface area contributed by atoms with E-state index in [2.05, 4.69) is 0 Å². The molecule has 0 atom stereocenters. The van der Waals surface area contributed by atoms with Crippen LogP contribution in [0.4, 0.5) is 14.5 Å². The van der Waals surface area contributed by atoms with Crippen molar-refractivity contribution in [2.24, 2.45) is 0 Å². The van der Waals surface area contributed by atoms with Crippen molar-refractivity contribution < 1.29 is 23.0 Å². The Morgan fingerprint density at radius 2 is 1.50 bits per heavy atom. The highest BCUT2D eigenvalue weighted by molar-refractivity contribution is 5.63. The average Bonchev–Trinajstić information content (AvgIpc) is 2.38. The molecule has 0 radical (unpaired) electrons. The van der Waals surface area contributed by atoms with E-state index in [-0.39, 0.29) is 11.5 Å². The number of hydrogen-bond donors (Lipinski definition) is 1. The molecule has 20 heavy (non-hydrogen) atoms. The minimum absolute atomic E-state index is 0.0193. The predicted molar refractivity (Wildman–Crippen MR) is 68.3 cm³/mol. The van der Waals surface area contributed by atoms with E-state index in [4.69, 9.17) is 19.9 Å². The maximum Gasteiger partial charge on any atom is 0.165 e. The topological polar surface area (TPSA) is 53.7 Å². The van der Waals surface area contributed by atoms with Crippen LogP contribution in [-0.2, 0) is 0 Å². The van der Waals surface area contributed by atoms with E-state index in [9.17, 15) is 8.78 Å². The Bertz CT molecular complexity index is 641. The summed E-state index contributed by atoms with van der Waals surface area (Å²) < 4.78 is 42.4. The van der Waals surface area contributed by atoms with E-state index >= 15 is 0 Å². The van der Waals surface area contributed by atoms with Gasteiger partial charge in [-0.25, -0.2) is 8.78 Å². The van der Waals surface area contributed by atoms with Gasteiger partial charge in [0.15, 0.2) is 17.2 Å². The molecule has 3 rings (SSSR count). The van der Waals surface area contributed by atoms with Gasteiger partial charge in [-0.2, -0.15) is 0 Å². The SMILES string of the molecule is Nc1cc2c(cc1Oc1cc(F)cc(F)c1)OCCO2. The molecule has 0 fully saturated rings. The quantitative estimate of drug-likeness (QED) is 0.858. The van der Waals surface area contributed by atoms with Gasteiger partial charge in [0.2, 0.25) is 0 Å². The van der Waals surface area contributed by atoms with E-state index in [1.165, 1.54) is 6.07 Å². The minimum Gasteiger partial charge on any atom is -0.486 e. The summed E-state index contributed by atoms with van der Waals surface area (Å²) in [4.78, 5) is 0. The molecule has 1 aliphatic rings. The second-order valence-electron chi connectivity index (χ2n) is 4.24. The predicted octanol–water partition coefficient (Wildman–Crippen LogP) is 3.11. The number of fused-ring (bicyclic) bond motifs is 1. The van der Waals surface area contributed by atoms with Crippen LogP contribution >= 0.6 is 0 Å². The standard InChI is InChI=1S/C14H11F2NO3/c15-8-3-9(16)5-10(4-8)20-12-7-14-13(6-11(12)17)18-1-2-19-14/h3-7H,1-2,17H2. The number of rotatable bonds is 2. The molecule has 0 aromatic heterocycles. The molecule has 2 aromatic rings. The van der Waals surface area contributed by atoms with Gasteiger partial charge in [0.05, 0.1) is 5.69 Å². The van der Waals surface area contributed by atoms with E-state index in [1.807, 2.05) is 0 Å². The first kappa shape index (κ1) is 12.5. The van der Waals surface area contributed by atoms with Gasteiger partial charge in [0.25, 0.3) is 0 Å². The third-order valence-electron chi connectivity index (χ3n) is 2.74. The zero-order valence-electron chi connectivity index (χ0n) is 10.4. The number of nitrogen functional groups attached to an aromatic ring is 1. The van der Waals surface area contributed by atoms with Gasteiger partial charge in [-0.05, 0) is 0 Å². The molecule has 0 aliphatic carbocycles. The van der Waals surface area contributed by atoms with Gasteiger partial charge in [0.1, 0.15) is 30.6 Å². The Kier molecular flexibility index (Phi) is 3.06. The third kappa shape index (κ3) is 2.45. The number of anilines is 1. The van der Waals surface area contributed by atoms with Crippen molar-refractivity contribution in [1.82, 2.24) is 0 Å². The number of nitrogens with two attached hydrogens (primary N) is 1. The zero-order chi connectivity index (χ0) is 14.1. The zero-order valence-corrected chi connectivity index (χ0v) is 10.4. The Balaban J connectivity index is 1.94. The molecular formula is C14H11F2NO3. The summed E-state index contributed by atoms with van der Waals surface area (Å²) in [5, 5.41) is 0. The summed E-state index contributed by atoms with van der Waals surface area (Å²) >= 11 is 0. The highest BCUT2D eigenvalue weighted by Gasteiger charge is 2.16. The normalized spacial score (nSPS) is 13.1. The Morgan fingerprint density at radius 1 is 0.900 bits per heavy atom. The fourth-order valence-electron chi connectivity index (χ4n) is 1.89. The third-order valence-corrected chi connectivity index (χ3v) is 2.74. The van der Waals surface area contributed by atoms with Gasteiger partial charge in [-0.3, -0.25) is 0 Å². The summed E-state index contributed by atoms with van der Waals surface area (Å²) in [7, 11) is 0. The highest BCUT2D eigenvalue weighted by atomic mass is 19.1. The van der Waals surface area contributed by atoms with Crippen molar-refractivity contribution in [2.75, 3.05) is 18.9 Å². The minimum atomic E-state index is -0.726. The lowest BCUT2D eigenvalue weighted by molar-refractivity contribution is 0.171. The van der Waals surface area contributed by atoms with Gasteiger partial charge in [0, 0.05) is 30.3 Å². The largest absolute Gasteiger partial charge is 0.486 e. The van der Waals surface area contributed by atoms with Crippen LogP contribution in [0.25, 0.3) is 0 Å². The first-order valence-electron chi connectivity index (χ1n) is 5.95. The van der Waals surface area contributed by atoms with Gasteiger partial charge in [-0.1, -0.05) is 0 Å². The molecular weight excluding hydrogens is 268 g/mol. The number of halogens is 2. The maximum absolute atomic E-state index is 13.1. The molecule has 0 saturated heterocycles. The van der Waals surface area contributed by atoms with Gasteiger partial charge in [-0.15, -0.1) is 0 Å². The van der Waals surface area contributed by atoms with Crippen molar-refractivity contribution in [3.05, 3.63) is 42.0 Å². The van der Waals surface area contributed by atoms with E-state index in [0.29, 0.717) is 30.4 Å². The van der Waals surface area contributed by atoms with Gasteiger partial charge < -0.3 is 19.9 Å². The first-order valence-corrected chi connectivity index (χ1v) is 5.95. The second-order valence-corrected chi connectivity index (χ2v) is 4.24. The molecule has 0 spiro atoms. The first-order chi connectivity index (χ1) is 9.61. The van der Waals surface area contributed by atoms with E-state index in [1.54, 1.807) is 6.07 Å². The van der Waals surface area contributed by atoms with Crippen molar-refractivity contribution >= 4 is 5.69 Å². The molecule has 1 aliphatic heterocycles. The Labute approximate surface area is 113 Å². The number of benzene rings is 2. The van der Waals surface area contributed by atoms with Gasteiger partial charge >= 0.3 is 0 Å². The Hall–Kier alpha value is -2.50. The van der Waals surface area contributed by atoms with E-state index in [0.717, 1.165) is 18.2 Å². The fourth-order valence-corrected chi connectivity index (χ4v) is 1.89. The maximum atomic E-state index is 13.1. The molecule has 4 nitrogen and oxygen atoms in total.